The maximum atomic E-state index is 13.0. The van der Waals surface area contributed by atoms with Crippen molar-refractivity contribution in [1.82, 2.24) is 10.3 Å². The molecule has 0 aliphatic rings. The van der Waals surface area contributed by atoms with E-state index in [1.165, 1.54) is 17.7 Å². The number of hydrogen-bond acceptors (Lipinski definition) is 2. The Morgan fingerprint density at radius 3 is 2.79 bits per heavy atom. The average molecular weight is 279 g/mol. The van der Waals surface area contributed by atoms with Crippen LogP contribution in [-0.4, -0.2) is 12.0 Å². The van der Waals surface area contributed by atoms with Gasteiger partial charge in [-0.1, -0.05) is 17.7 Å². The number of likely N-dealkylation sites (N-methyl/N-ethyl adjacent to an activating group) is 1. The van der Waals surface area contributed by atoms with Gasteiger partial charge in [-0.25, -0.2) is 4.39 Å². The van der Waals surface area contributed by atoms with E-state index in [4.69, 9.17) is 11.6 Å². The number of halogens is 2. The molecule has 19 heavy (non-hydrogen) atoms. The smallest absolute Gasteiger partial charge is 0.124 e. The number of hydrogen-bond donors (Lipinski definition) is 1. The van der Waals surface area contributed by atoms with Gasteiger partial charge in [0.2, 0.25) is 0 Å². The quantitative estimate of drug-likeness (QED) is 0.923. The second-order valence-corrected chi connectivity index (χ2v) is 4.92. The Hall–Kier alpha value is -1.45. The van der Waals surface area contributed by atoms with Crippen LogP contribution in [0.2, 0.25) is 5.02 Å². The highest BCUT2D eigenvalue weighted by Gasteiger charge is 2.14. The van der Waals surface area contributed by atoms with E-state index in [2.05, 4.69) is 10.3 Å². The number of aromatic nitrogens is 1. The fraction of sp³-hybridized carbons (Fsp3) is 0.267. The summed E-state index contributed by atoms with van der Waals surface area (Å²) in [5.74, 6) is -0.310. The summed E-state index contributed by atoms with van der Waals surface area (Å²) >= 11 is 6.08. The second-order valence-electron chi connectivity index (χ2n) is 4.51. The van der Waals surface area contributed by atoms with Crippen molar-refractivity contribution < 1.29 is 4.39 Å². The summed E-state index contributed by atoms with van der Waals surface area (Å²) < 4.78 is 13.0. The third kappa shape index (κ3) is 3.31. The van der Waals surface area contributed by atoms with Crippen LogP contribution in [0, 0.1) is 12.7 Å². The van der Waals surface area contributed by atoms with E-state index in [1.54, 1.807) is 12.3 Å². The molecule has 1 N–H and O–H groups in total. The predicted molar refractivity (Wildman–Crippen MR) is 75.9 cm³/mol. The van der Waals surface area contributed by atoms with Crippen molar-refractivity contribution in [2.45, 2.75) is 19.4 Å². The van der Waals surface area contributed by atoms with Gasteiger partial charge in [-0.2, -0.15) is 0 Å². The third-order valence-electron chi connectivity index (χ3n) is 3.23. The lowest BCUT2D eigenvalue weighted by molar-refractivity contribution is 0.585. The van der Waals surface area contributed by atoms with Gasteiger partial charge in [0.1, 0.15) is 5.82 Å². The maximum absolute atomic E-state index is 13.0. The molecule has 0 amide bonds. The third-order valence-corrected chi connectivity index (χ3v) is 3.58. The Balaban J connectivity index is 2.27. The second kappa shape index (κ2) is 6.13. The lowest BCUT2D eigenvalue weighted by Crippen LogP contribution is -2.20. The predicted octanol–water partition coefficient (Wildman–Crippen LogP) is 3.69. The summed E-state index contributed by atoms with van der Waals surface area (Å²) in [7, 11) is 1.90. The molecule has 0 bridgehead atoms. The highest BCUT2D eigenvalue weighted by atomic mass is 35.5. The molecule has 0 aliphatic carbocycles. The summed E-state index contributed by atoms with van der Waals surface area (Å²) in [5.41, 5.74) is 3.23. The number of nitrogens with zero attached hydrogens (tertiary/aromatic N) is 1. The molecule has 0 fully saturated rings. The van der Waals surface area contributed by atoms with Gasteiger partial charge in [-0.05, 0) is 55.3 Å². The van der Waals surface area contributed by atoms with E-state index in [0.29, 0.717) is 11.4 Å². The van der Waals surface area contributed by atoms with E-state index >= 15 is 0 Å². The minimum Gasteiger partial charge on any atom is -0.313 e. The SMILES string of the molecule is CNC(Cc1ccc(F)cc1Cl)c1ccncc1C. The van der Waals surface area contributed by atoms with E-state index in [9.17, 15) is 4.39 Å². The van der Waals surface area contributed by atoms with Crippen LogP contribution in [0.1, 0.15) is 22.7 Å². The molecule has 1 unspecified atom stereocenters. The molecule has 1 heterocycles. The minimum absolute atomic E-state index is 0.131. The molecule has 1 aromatic heterocycles. The van der Waals surface area contributed by atoms with Crippen LogP contribution in [0.3, 0.4) is 0 Å². The van der Waals surface area contributed by atoms with Crippen molar-refractivity contribution in [3.05, 3.63) is 64.2 Å². The van der Waals surface area contributed by atoms with Crippen LogP contribution < -0.4 is 5.32 Å². The van der Waals surface area contributed by atoms with Crippen molar-refractivity contribution in [1.29, 1.82) is 0 Å². The summed E-state index contributed by atoms with van der Waals surface area (Å²) in [5, 5.41) is 3.73. The van der Waals surface area contributed by atoms with Gasteiger partial charge in [-0.15, -0.1) is 0 Å². The van der Waals surface area contributed by atoms with Crippen LogP contribution in [-0.2, 0) is 6.42 Å². The zero-order valence-electron chi connectivity index (χ0n) is 11.0. The molecule has 1 atom stereocenters. The lowest BCUT2D eigenvalue weighted by Gasteiger charge is -2.19. The van der Waals surface area contributed by atoms with E-state index in [0.717, 1.165) is 11.1 Å². The molecule has 0 aliphatic heterocycles. The molecular weight excluding hydrogens is 263 g/mol. The van der Waals surface area contributed by atoms with Crippen LogP contribution in [0.25, 0.3) is 0 Å². The van der Waals surface area contributed by atoms with Crippen molar-refractivity contribution in [3.8, 4) is 0 Å². The van der Waals surface area contributed by atoms with Gasteiger partial charge in [0.25, 0.3) is 0 Å². The van der Waals surface area contributed by atoms with Gasteiger partial charge in [0, 0.05) is 23.5 Å². The molecule has 4 heteroatoms. The van der Waals surface area contributed by atoms with E-state index < -0.39 is 0 Å². The maximum Gasteiger partial charge on any atom is 0.124 e. The van der Waals surface area contributed by atoms with Crippen LogP contribution >= 0.6 is 11.6 Å². The van der Waals surface area contributed by atoms with Gasteiger partial charge >= 0.3 is 0 Å². The highest BCUT2D eigenvalue weighted by Crippen LogP contribution is 2.25. The molecule has 0 radical (unpaired) electrons. The lowest BCUT2D eigenvalue weighted by atomic mass is 9.97. The first-order valence-electron chi connectivity index (χ1n) is 6.13. The summed E-state index contributed by atoms with van der Waals surface area (Å²) in [6.07, 6.45) is 4.32. The largest absolute Gasteiger partial charge is 0.313 e. The molecular formula is C15H16ClFN2. The zero-order chi connectivity index (χ0) is 13.8. The molecule has 0 saturated carbocycles. The number of pyridine rings is 1. The first kappa shape index (κ1) is 14.0. The molecule has 0 spiro atoms. The van der Waals surface area contributed by atoms with Gasteiger partial charge in [0.05, 0.1) is 0 Å². The molecule has 1 aromatic carbocycles. The summed E-state index contributed by atoms with van der Waals surface area (Å²) in [6.45, 7) is 2.03. The fourth-order valence-electron chi connectivity index (χ4n) is 2.15. The minimum atomic E-state index is -0.310. The summed E-state index contributed by atoms with van der Waals surface area (Å²) in [6, 6.07) is 6.65. The molecule has 0 saturated heterocycles. The van der Waals surface area contributed by atoms with E-state index in [1.807, 2.05) is 26.2 Å². The monoisotopic (exact) mass is 278 g/mol. The van der Waals surface area contributed by atoms with Crippen LogP contribution in [0.4, 0.5) is 4.39 Å². The highest BCUT2D eigenvalue weighted by molar-refractivity contribution is 6.31. The Morgan fingerprint density at radius 2 is 2.16 bits per heavy atom. The number of rotatable bonds is 4. The summed E-state index contributed by atoms with van der Waals surface area (Å²) in [4.78, 5) is 4.09. The topological polar surface area (TPSA) is 24.9 Å². The number of benzene rings is 1. The number of aryl methyl sites for hydroxylation is 1. The average Bonchev–Trinajstić information content (AvgIpc) is 2.39. The van der Waals surface area contributed by atoms with Gasteiger partial charge in [-0.3, -0.25) is 4.98 Å². The molecule has 2 rings (SSSR count). The number of nitrogens with one attached hydrogen (secondary N) is 1. The molecule has 100 valence electrons. The first-order chi connectivity index (χ1) is 9.11. The Labute approximate surface area is 117 Å². The van der Waals surface area contributed by atoms with Crippen molar-refractivity contribution in [2.75, 3.05) is 7.05 Å². The molecule has 2 nitrogen and oxygen atoms in total. The normalized spacial score (nSPS) is 12.4. The Morgan fingerprint density at radius 1 is 1.37 bits per heavy atom. The van der Waals surface area contributed by atoms with Gasteiger partial charge in [0.15, 0.2) is 0 Å². The Bertz CT molecular complexity index is 572. The van der Waals surface area contributed by atoms with Crippen LogP contribution in [0.5, 0.6) is 0 Å². The van der Waals surface area contributed by atoms with E-state index in [-0.39, 0.29) is 11.9 Å². The first-order valence-corrected chi connectivity index (χ1v) is 6.51. The molecule has 2 aromatic rings. The zero-order valence-corrected chi connectivity index (χ0v) is 11.7. The van der Waals surface area contributed by atoms with Crippen molar-refractivity contribution in [2.24, 2.45) is 0 Å². The Kier molecular flexibility index (Phi) is 4.51. The van der Waals surface area contributed by atoms with Crippen molar-refractivity contribution in [3.63, 3.8) is 0 Å². The fourth-order valence-corrected chi connectivity index (χ4v) is 2.39. The van der Waals surface area contributed by atoms with Gasteiger partial charge < -0.3 is 5.32 Å². The van der Waals surface area contributed by atoms with Crippen LogP contribution in [0.15, 0.2) is 36.7 Å². The standard InChI is InChI=1S/C15H16ClFN2/c1-10-9-19-6-5-13(10)15(18-2)7-11-3-4-12(17)8-14(11)16/h3-6,8-9,15,18H,7H2,1-2H3. The van der Waals surface area contributed by atoms with Crippen molar-refractivity contribution >= 4 is 11.6 Å².